The molecule has 6 aliphatic rings. The van der Waals surface area contributed by atoms with Gasteiger partial charge in [-0.3, -0.25) is 9.79 Å². The van der Waals surface area contributed by atoms with Gasteiger partial charge in [0, 0.05) is 25.7 Å². The number of carbonyl (C=O) groups excluding carboxylic acids is 1. The van der Waals surface area contributed by atoms with Crippen LogP contribution in [0.3, 0.4) is 0 Å². The van der Waals surface area contributed by atoms with Gasteiger partial charge >= 0.3 is 5.97 Å². The highest BCUT2D eigenvalue weighted by molar-refractivity contribution is 6.07. The summed E-state index contributed by atoms with van der Waals surface area (Å²) in [6.45, 7) is 4.09. The molecule has 1 aromatic rings. The Morgan fingerprint density at radius 3 is 3.00 bits per heavy atom. The maximum absolute atomic E-state index is 14.1. The fraction of sp³-hybridized carbons (Fsp3) is 0.524. The molecule has 0 aromatic heterocycles. The first kappa shape index (κ1) is 15.1. The van der Waals surface area contributed by atoms with E-state index in [1.807, 2.05) is 25.1 Å². The molecule has 7 atom stereocenters. The number of nitrogens with zero attached hydrogens (tertiary/aromatic N) is 2. The zero-order valence-corrected chi connectivity index (χ0v) is 15.0. The summed E-state index contributed by atoms with van der Waals surface area (Å²) in [5, 5.41) is 14.1. The summed E-state index contributed by atoms with van der Waals surface area (Å²) in [5.41, 5.74) is 3.99. The molecule has 1 spiro atoms. The standard InChI is InChI=1S/C21H22N2O3/c1-3-12-10-23(25)16-8-13(12)18-17(23)9-21(20(18)26-11(2)24)14-6-4-5-7-15(14)22-19(16)21/h3-7,13,16-18,20H,8-10H2,1-2H3/b12-3-/t13-,16-,17-,18-,20+,21+,23?/m0/s1. The van der Waals surface area contributed by atoms with Gasteiger partial charge < -0.3 is 14.6 Å². The Morgan fingerprint density at radius 1 is 1.42 bits per heavy atom. The van der Waals surface area contributed by atoms with Crippen LogP contribution in [0.25, 0.3) is 0 Å². The lowest BCUT2D eigenvalue weighted by molar-refractivity contribution is -0.934. The minimum atomic E-state index is -0.383. The first-order valence-electron chi connectivity index (χ1n) is 9.60. The average molecular weight is 350 g/mol. The quantitative estimate of drug-likeness (QED) is 0.338. The van der Waals surface area contributed by atoms with Gasteiger partial charge in [-0.05, 0) is 24.1 Å². The largest absolute Gasteiger partial charge is 0.632 e. The van der Waals surface area contributed by atoms with Crippen molar-refractivity contribution in [2.45, 2.75) is 50.3 Å². The number of quaternary nitrogens is 1. The van der Waals surface area contributed by atoms with Crippen molar-refractivity contribution in [3.8, 4) is 0 Å². The van der Waals surface area contributed by atoms with Crippen LogP contribution in [-0.2, 0) is 14.9 Å². The molecule has 5 heteroatoms. The number of hydrogen-bond donors (Lipinski definition) is 0. The van der Waals surface area contributed by atoms with Crippen molar-refractivity contribution in [2.75, 3.05) is 6.54 Å². The Bertz CT molecular complexity index is 922. The van der Waals surface area contributed by atoms with Crippen LogP contribution in [0, 0.1) is 17.0 Å². The first-order chi connectivity index (χ1) is 12.5. The van der Waals surface area contributed by atoms with Crippen LogP contribution >= 0.6 is 0 Å². The average Bonchev–Trinajstić information content (AvgIpc) is 3.08. The Labute approximate surface area is 152 Å². The van der Waals surface area contributed by atoms with Crippen LogP contribution in [0.4, 0.5) is 5.69 Å². The lowest BCUT2D eigenvalue weighted by Gasteiger charge is -2.65. The van der Waals surface area contributed by atoms with Gasteiger partial charge in [0.05, 0.1) is 28.8 Å². The third-order valence-corrected chi connectivity index (χ3v) is 7.81. The zero-order chi connectivity index (χ0) is 17.8. The summed E-state index contributed by atoms with van der Waals surface area (Å²) in [6.07, 6.45) is 3.45. The van der Waals surface area contributed by atoms with Crippen molar-refractivity contribution in [1.29, 1.82) is 0 Å². The summed E-state index contributed by atoms with van der Waals surface area (Å²) in [4.78, 5) is 17.0. The predicted octanol–water partition coefficient (Wildman–Crippen LogP) is 3.01. The SMILES string of the molecule is C/C=C1/C[N+]2([O-])[C@H]3C[C@@H]1[C@@H]1[C@@H](OC(C)=O)[C@@]4(C[C@@H]12)C3=Nc1ccccc14. The number of ether oxygens (including phenoxy) is 1. The van der Waals surface area contributed by atoms with Crippen molar-refractivity contribution < 1.29 is 14.2 Å². The van der Waals surface area contributed by atoms with E-state index in [4.69, 9.17) is 9.73 Å². The molecule has 1 saturated carbocycles. The van der Waals surface area contributed by atoms with Gasteiger partial charge in [-0.15, -0.1) is 0 Å². The monoisotopic (exact) mass is 350 g/mol. The number of carbonyl (C=O) groups is 1. The molecule has 1 aromatic carbocycles. The fourth-order valence-electron chi connectivity index (χ4n) is 7.06. The number of benzene rings is 1. The summed E-state index contributed by atoms with van der Waals surface area (Å²) in [7, 11) is 0. The molecular weight excluding hydrogens is 328 g/mol. The van der Waals surface area contributed by atoms with E-state index in [9.17, 15) is 10.0 Å². The lowest BCUT2D eigenvalue weighted by atomic mass is 9.66. The number of piperidine rings is 4. The van der Waals surface area contributed by atoms with E-state index in [0.29, 0.717) is 12.5 Å². The molecule has 5 nitrogen and oxygen atoms in total. The number of fused-ring (bicyclic) bond motifs is 2. The van der Waals surface area contributed by atoms with Gasteiger partial charge in [0.15, 0.2) is 0 Å². The second-order valence-corrected chi connectivity index (χ2v) is 8.60. The number of hydrogen-bond acceptors (Lipinski definition) is 4. The molecule has 5 bridgehead atoms. The number of rotatable bonds is 1. The summed E-state index contributed by atoms with van der Waals surface area (Å²) in [6, 6.07) is 8.10. The minimum Gasteiger partial charge on any atom is -0.632 e. The number of para-hydroxylation sites is 1. The van der Waals surface area contributed by atoms with Crippen LogP contribution in [0.2, 0.25) is 0 Å². The van der Waals surface area contributed by atoms with Gasteiger partial charge in [0.25, 0.3) is 0 Å². The number of hydroxylamine groups is 3. The Morgan fingerprint density at radius 2 is 2.23 bits per heavy atom. The van der Waals surface area contributed by atoms with E-state index in [1.54, 1.807) is 0 Å². The van der Waals surface area contributed by atoms with E-state index in [0.717, 1.165) is 29.8 Å². The minimum absolute atomic E-state index is 0.0110. The molecule has 5 aliphatic heterocycles. The number of esters is 1. The molecule has 0 N–H and O–H groups in total. The normalized spacial score (nSPS) is 47.7. The second kappa shape index (κ2) is 4.46. The van der Waals surface area contributed by atoms with Crippen LogP contribution in [0.1, 0.15) is 32.3 Å². The number of aliphatic imine (C=N–C) groups is 1. The van der Waals surface area contributed by atoms with Gasteiger partial charge in [0.1, 0.15) is 18.7 Å². The number of allylic oxidation sites excluding steroid dienone is 1. The molecule has 1 aliphatic carbocycles. The Kier molecular flexibility index (Phi) is 2.59. The third kappa shape index (κ3) is 1.41. The summed E-state index contributed by atoms with van der Waals surface area (Å²) < 4.78 is 5.82. The van der Waals surface area contributed by atoms with Gasteiger partial charge in [-0.25, -0.2) is 0 Å². The second-order valence-electron chi connectivity index (χ2n) is 8.60. The first-order valence-corrected chi connectivity index (χ1v) is 9.60. The molecular formula is C21H22N2O3. The molecule has 134 valence electrons. The highest BCUT2D eigenvalue weighted by Crippen LogP contribution is 2.68. The molecule has 4 saturated heterocycles. The molecule has 0 amide bonds. The molecule has 7 rings (SSSR count). The highest BCUT2D eigenvalue weighted by atomic mass is 16.6. The lowest BCUT2D eigenvalue weighted by Crippen LogP contribution is -2.73. The van der Waals surface area contributed by atoms with Crippen LogP contribution < -0.4 is 0 Å². The molecule has 5 fully saturated rings. The van der Waals surface area contributed by atoms with Gasteiger partial charge in [0.2, 0.25) is 0 Å². The van der Waals surface area contributed by atoms with Crippen LogP contribution in [0.5, 0.6) is 0 Å². The van der Waals surface area contributed by atoms with Crippen molar-refractivity contribution in [3.05, 3.63) is 46.7 Å². The summed E-state index contributed by atoms with van der Waals surface area (Å²) >= 11 is 0. The van der Waals surface area contributed by atoms with Crippen molar-refractivity contribution in [1.82, 2.24) is 0 Å². The van der Waals surface area contributed by atoms with Crippen molar-refractivity contribution >= 4 is 17.4 Å². The van der Waals surface area contributed by atoms with Crippen molar-refractivity contribution in [2.24, 2.45) is 16.8 Å². The highest BCUT2D eigenvalue weighted by Gasteiger charge is 2.78. The van der Waals surface area contributed by atoms with Gasteiger partial charge in [-0.2, -0.15) is 0 Å². The Hall–Kier alpha value is -1.98. The summed E-state index contributed by atoms with van der Waals surface area (Å²) in [5.74, 6) is 0.189. The zero-order valence-electron chi connectivity index (χ0n) is 15.0. The molecule has 0 radical (unpaired) electrons. The predicted molar refractivity (Wildman–Crippen MR) is 96.8 cm³/mol. The van der Waals surface area contributed by atoms with E-state index in [2.05, 4.69) is 12.1 Å². The third-order valence-electron chi connectivity index (χ3n) is 7.81. The molecule has 1 unspecified atom stereocenters. The van der Waals surface area contributed by atoms with E-state index < -0.39 is 0 Å². The smallest absolute Gasteiger partial charge is 0.302 e. The maximum atomic E-state index is 14.1. The molecule has 5 heterocycles. The van der Waals surface area contributed by atoms with Crippen LogP contribution in [0.15, 0.2) is 40.9 Å². The molecule has 26 heavy (non-hydrogen) atoms. The van der Waals surface area contributed by atoms with E-state index in [-0.39, 0.29) is 40.1 Å². The topological polar surface area (TPSA) is 61.7 Å². The Balaban J connectivity index is 1.64. The fourth-order valence-corrected chi connectivity index (χ4v) is 7.06. The van der Waals surface area contributed by atoms with E-state index >= 15 is 0 Å². The van der Waals surface area contributed by atoms with Gasteiger partial charge in [-0.1, -0.05) is 24.3 Å². The van der Waals surface area contributed by atoms with Crippen LogP contribution in [-0.4, -0.2) is 41.1 Å². The maximum Gasteiger partial charge on any atom is 0.302 e. The van der Waals surface area contributed by atoms with E-state index in [1.165, 1.54) is 12.5 Å². The van der Waals surface area contributed by atoms with Crippen molar-refractivity contribution in [3.63, 3.8) is 0 Å².